The maximum Gasteiger partial charge on any atom is 0.355 e. The number of carbonyl (C=O) groups is 4. The summed E-state index contributed by atoms with van der Waals surface area (Å²) in [6, 6.07) is 0. The van der Waals surface area contributed by atoms with Gasteiger partial charge in [0.2, 0.25) is 0 Å². The van der Waals surface area contributed by atoms with E-state index in [-0.39, 0.29) is 35.5 Å². The van der Waals surface area contributed by atoms with Crippen LogP contribution in [-0.4, -0.2) is 23.9 Å². The van der Waals surface area contributed by atoms with Crippen molar-refractivity contribution in [3.8, 4) is 0 Å². The van der Waals surface area contributed by atoms with Gasteiger partial charge in [-0.2, -0.15) is 0 Å². The summed E-state index contributed by atoms with van der Waals surface area (Å²) in [5.41, 5.74) is 0.331. The second-order valence-electron chi connectivity index (χ2n) is 14.3. The van der Waals surface area contributed by atoms with Crippen molar-refractivity contribution in [1.82, 2.24) is 0 Å². The maximum atomic E-state index is 11.7. The van der Waals surface area contributed by atoms with Crippen molar-refractivity contribution in [2.45, 2.75) is 172 Å². The second kappa shape index (κ2) is 24.3. The molecule has 2 unspecified atom stereocenters. The highest BCUT2D eigenvalue weighted by Crippen LogP contribution is 2.27. The highest BCUT2D eigenvalue weighted by Gasteiger charge is 2.22. The van der Waals surface area contributed by atoms with Crippen LogP contribution >= 0.6 is 0 Å². The Hall–Kier alpha value is -2.12. The van der Waals surface area contributed by atoms with Gasteiger partial charge in [-0.05, 0) is 48.3 Å². The van der Waals surface area contributed by atoms with Crippen LogP contribution in [0.5, 0.6) is 0 Å². The highest BCUT2D eigenvalue weighted by atomic mass is 17.2. The van der Waals surface area contributed by atoms with E-state index in [9.17, 15) is 19.2 Å². The Morgan fingerprint density at radius 3 is 1.05 bits per heavy atom. The molecule has 42 heavy (non-hydrogen) atoms. The van der Waals surface area contributed by atoms with Gasteiger partial charge in [-0.15, -0.1) is 0 Å². The molecule has 0 N–H and O–H groups in total. The molecule has 0 saturated heterocycles. The first-order valence-electron chi connectivity index (χ1n) is 16.3. The van der Waals surface area contributed by atoms with E-state index in [2.05, 4.69) is 74.9 Å². The molecule has 8 nitrogen and oxygen atoms in total. The number of unbranched alkanes of at least 4 members (excludes halogenated alkanes) is 8. The summed E-state index contributed by atoms with van der Waals surface area (Å²) in [6.07, 6.45) is 13.7. The summed E-state index contributed by atoms with van der Waals surface area (Å²) >= 11 is 0. The summed E-state index contributed by atoms with van der Waals surface area (Å²) in [5, 5.41) is 0. The maximum absolute atomic E-state index is 11.7. The van der Waals surface area contributed by atoms with Crippen molar-refractivity contribution in [2.75, 3.05) is 0 Å². The molecule has 0 heterocycles. The van der Waals surface area contributed by atoms with E-state index in [0.29, 0.717) is 12.8 Å². The van der Waals surface area contributed by atoms with Gasteiger partial charge in [0.25, 0.3) is 0 Å². The molecule has 0 fully saturated rings. The van der Waals surface area contributed by atoms with Crippen molar-refractivity contribution in [3.05, 3.63) is 0 Å². The number of hydrogen-bond acceptors (Lipinski definition) is 8. The molecular formula is C34H64O8. The smallest absolute Gasteiger partial charge is 0.247 e. The van der Waals surface area contributed by atoms with Crippen LogP contribution in [0, 0.1) is 22.7 Å². The molecule has 0 amide bonds. The van der Waals surface area contributed by atoms with Crippen LogP contribution in [0.15, 0.2) is 0 Å². The number of hydrogen-bond donors (Lipinski definition) is 0. The first-order valence-corrected chi connectivity index (χ1v) is 16.3. The number of carbonyl (C=O) groups excluding carboxylic acids is 4. The van der Waals surface area contributed by atoms with Crippen molar-refractivity contribution in [1.29, 1.82) is 0 Å². The largest absolute Gasteiger partial charge is 0.355 e. The molecule has 8 heteroatoms. The van der Waals surface area contributed by atoms with Crippen LogP contribution in [0.3, 0.4) is 0 Å². The van der Waals surface area contributed by atoms with Gasteiger partial charge >= 0.3 is 23.9 Å². The second-order valence-corrected chi connectivity index (χ2v) is 14.3. The lowest BCUT2D eigenvalue weighted by molar-refractivity contribution is -0.260. The molecule has 0 bridgehead atoms. The molecule has 0 aliphatic heterocycles. The fraction of sp³-hybridized carbons (Fsp3) is 0.882. The lowest BCUT2D eigenvalue weighted by Crippen LogP contribution is -2.19. The molecule has 0 aromatic heterocycles. The lowest BCUT2D eigenvalue weighted by Gasteiger charge is -2.22. The van der Waals surface area contributed by atoms with Gasteiger partial charge in [-0.3, -0.25) is 0 Å². The zero-order valence-electron chi connectivity index (χ0n) is 28.7. The molecular weight excluding hydrogens is 536 g/mol. The summed E-state index contributed by atoms with van der Waals surface area (Å²) in [7, 11) is 0. The zero-order chi connectivity index (χ0) is 32.6. The molecule has 0 aliphatic rings. The van der Waals surface area contributed by atoms with Crippen LogP contribution in [0.2, 0.25) is 0 Å². The fourth-order valence-electron chi connectivity index (χ4n) is 4.89. The molecule has 0 aliphatic carbocycles. The Labute approximate surface area is 257 Å². The van der Waals surface area contributed by atoms with Crippen molar-refractivity contribution in [2.24, 2.45) is 22.7 Å². The van der Waals surface area contributed by atoms with Gasteiger partial charge in [0.15, 0.2) is 0 Å². The minimum Gasteiger partial charge on any atom is -0.247 e. The van der Waals surface area contributed by atoms with E-state index < -0.39 is 23.9 Å². The first kappa shape index (κ1) is 42.0. The van der Waals surface area contributed by atoms with Crippen LogP contribution in [0.25, 0.3) is 0 Å². The standard InChI is InChI=1S/C18H34O4.C16H30O4/c1-13(11-17(3,4)5)9-15(19)21-22-16(20)10-14(2)12-18(6,7)8;1-3-5-7-9-11-13-15(17)19-20-16(18)14-12-10-8-6-4-2/h13-14H,9-12H2,1-8H3;3-14H2,1-2H3. The van der Waals surface area contributed by atoms with E-state index in [1.807, 2.05) is 13.8 Å². The van der Waals surface area contributed by atoms with E-state index in [1.165, 1.54) is 25.7 Å². The van der Waals surface area contributed by atoms with Crippen LogP contribution in [0.1, 0.15) is 172 Å². The summed E-state index contributed by atoms with van der Waals surface area (Å²) in [4.78, 5) is 64.2. The average molecular weight is 601 g/mol. The van der Waals surface area contributed by atoms with Crippen molar-refractivity contribution >= 4 is 23.9 Å². The van der Waals surface area contributed by atoms with Crippen LogP contribution in [-0.2, 0) is 38.7 Å². The van der Waals surface area contributed by atoms with Gasteiger partial charge < -0.3 is 0 Å². The molecule has 248 valence electrons. The molecule has 2 atom stereocenters. The Kier molecular flexibility index (Phi) is 24.3. The van der Waals surface area contributed by atoms with E-state index in [4.69, 9.17) is 0 Å². The van der Waals surface area contributed by atoms with Crippen molar-refractivity contribution < 1.29 is 38.7 Å². The molecule has 0 radical (unpaired) electrons. The third kappa shape index (κ3) is 32.4. The van der Waals surface area contributed by atoms with E-state index in [1.54, 1.807) is 0 Å². The molecule has 0 spiro atoms. The topological polar surface area (TPSA) is 105 Å². The third-order valence-corrected chi connectivity index (χ3v) is 6.38. The fourth-order valence-corrected chi connectivity index (χ4v) is 4.89. The Balaban J connectivity index is 0. The Morgan fingerprint density at radius 1 is 0.476 bits per heavy atom. The Bertz CT molecular complexity index is 671. The predicted octanol–water partition coefficient (Wildman–Crippen LogP) is 9.62. The highest BCUT2D eigenvalue weighted by molar-refractivity contribution is 5.73. The Morgan fingerprint density at radius 2 is 0.762 bits per heavy atom. The third-order valence-electron chi connectivity index (χ3n) is 6.38. The normalized spacial score (nSPS) is 12.8. The van der Waals surface area contributed by atoms with Gasteiger partial charge in [-0.1, -0.05) is 121 Å². The molecule has 0 saturated carbocycles. The molecule has 0 rings (SSSR count). The van der Waals surface area contributed by atoms with Crippen molar-refractivity contribution in [3.63, 3.8) is 0 Å². The monoisotopic (exact) mass is 600 g/mol. The van der Waals surface area contributed by atoms with Gasteiger partial charge in [-0.25, -0.2) is 38.7 Å². The number of rotatable bonds is 18. The van der Waals surface area contributed by atoms with E-state index >= 15 is 0 Å². The summed E-state index contributed by atoms with van der Waals surface area (Å²) in [5.74, 6) is -1.44. The minimum absolute atomic E-state index is 0.165. The molecule has 0 aromatic rings. The zero-order valence-corrected chi connectivity index (χ0v) is 28.7. The van der Waals surface area contributed by atoms with Gasteiger partial charge in [0, 0.05) is 0 Å². The van der Waals surface area contributed by atoms with E-state index in [0.717, 1.165) is 51.4 Å². The molecule has 0 aromatic carbocycles. The predicted molar refractivity (Wildman–Crippen MR) is 167 cm³/mol. The average Bonchev–Trinajstić information content (AvgIpc) is 2.84. The van der Waals surface area contributed by atoms with Crippen LogP contribution < -0.4 is 0 Å². The quantitative estimate of drug-likeness (QED) is 0.0870. The summed E-state index contributed by atoms with van der Waals surface area (Å²) in [6.45, 7) is 21.1. The SMILES string of the molecule is CC(CC(=O)OOC(=O)CC(C)CC(C)(C)C)CC(C)(C)C.CCCCCCCC(=O)OOC(=O)CCCCCCC. The lowest BCUT2D eigenvalue weighted by atomic mass is 9.84. The summed E-state index contributed by atoms with van der Waals surface area (Å²) < 4.78 is 0. The van der Waals surface area contributed by atoms with Crippen LogP contribution in [0.4, 0.5) is 0 Å². The first-order chi connectivity index (χ1) is 19.5. The van der Waals surface area contributed by atoms with Gasteiger partial charge in [0.1, 0.15) is 0 Å². The van der Waals surface area contributed by atoms with Gasteiger partial charge in [0.05, 0.1) is 25.7 Å². The minimum atomic E-state index is -0.478.